The third-order valence-electron chi connectivity index (χ3n) is 2.34. The highest BCUT2D eigenvalue weighted by atomic mass is 35.5. The van der Waals surface area contributed by atoms with Crippen LogP contribution in [0.15, 0.2) is 78.2 Å². The first-order valence-corrected chi connectivity index (χ1v) is 6.57. The van der Waals surface area contributed by atoms with Gasteiger partial charge >= 0.3 is 0 Å². The van der Waals surface area contributed by atoms with E-state index in [4.69, 9.17) is 5.11 Å². The number of hydrogen-bond acceptors (Lipinski definition) is 2. The van der Waals surface area contributed by atoms with Gasteiger partial charge in [0.25, 0.3) is 0 Å². The van der Waals surface area contributed by atoms with Gasteiger partial charge in [-0.2, -0.15) is 0 Å². The normalized spacial score (nSPS) is 8.40. The number of para-hydroxylation sites is 1. The standard InChI is InChI=1S/C10H8S.C6H6O.2ClH/c1-2-5-9(6-3-1)10-7-4-8-11-10;7-6-4-2-1-3-5-6;;/h1-8H;1-5,7H;2*1H. The van der Waals surface area contributed by atoms with Crippen molar-refractivity contribution in [3.05, 3.63) is 78.2 Å². The predicted molar refractivity (Wildman–Crippen MR) is 92.4 cm³/mol. The Hall–Kier alpha value is -1.48. The molecule has 0 aliphatic heterocycles. The van der Waals surface area contributed by atoms with Crippen LogP contribution in [0.25, 0.3) is 10.4 Å². The second-order valence-corrected chi connectivity index (χ2v) is 4.63. The van der Waals surface area contributed by atoms with Gasteiger partial charge in [-0.15, -0.1) is 36.2 Å². The molecule has 2 aromatic carbocycles. The topological polar surface area (TPSA) is 20.2 Å². The summed E-state index contributed by atoms with van der Waals surface area (Å²) in [5.74, 6) is 0.322. The molecular weight excluding hydrogens is 311 g/mol. The van der Waals surface area contributed by atoms with E-state index in [2.05, 4.69) is 41.8 Å². The molecular formula is C16H16Cl2OS. The lowest BCUT2D eigenvalue weighted by Crippen LogP contribution is -1.67. The summed E-state index contributed by atoms with van der Waals surface area (Å²) in [6.07, 6.45) is 0. The van der Waals surface area contributed by atoms with Crippen LogP contribution < -0.4 is 0 Å². The van der Waals surface area contributed by atoms with E-state index in [-0.39, 0.29) is 24.8 Å². The van der Waals surface area contributed by atoms with Crippen molar-refractivity contribution in [1.82, 2.24) is 0 Å². The summed E-state index contributed by atoms with van der Waals surface area (Å²) in [6, 6.07) is 23.4. The van der Waals surface area contributed by atoms with E-state index in [1.54, 1.807) is 35.6 Å². The summed E-state index contributed by atoms with van der Waals surface area (Å²) in [4.78, 5) is 1.34. The molecule has 0 atom stereocenters. The molecule has 0 radical (unpaired) electrons. The van der Waals surface area contributed by atoms with Crippen molar-refractivity contribution in [3.63, 3.8) is 0 Å². The van der Waals surface area contributed by atoms with Crippen molar-refractivity contribution >= 4 is 36.2 Å². The molecule has 3 aromatic rings. The van der Waals surface area contributed by atoms with Crippen LogP contribution in [-0.4, -0.2) is 5.11 Å². The molecule has 20 heavy (non-hydrogen) atoms. The molecule has 0 aliphatic carbocycles. The molecule has 0 saturated carbocycles. The Bertz CT molecular complexity index is 554. The maximum absolute atomic E-state index is 8.63. The first kappa shape index (κ1) is 18.5. The maximum atomic E-state index is 8.63. The first-order chi connectivity index (χ1) is 8.86. The quantitative estimate of drug-likeness (QED) is 0.612. The van der Waals surface area contributed by atoms with Gasteiger partial charge < -0.3 is 5.11 Å². The van der Waals surface area contributed by atoms with Gasteiger partial charge in [-0.3, -0.25) is 0 Å². The van der Waals surface area contributed by atoms with Gasteiger partial charge in [0.05, 0.1) is 0 Å². The van der Waals surface area contributed by atoms with Crippen LogP contribution in [0.2, 0.25) is 0 Å². The van der Waals surface area contributed by atoms with Gasteiger partial charge in [0.1, 0.15) is 5.75 Å². The van der Waals surface area contributed by atoms with Crippen molar-refractivity contribution in [3.8, 4) is 16.2 Å². The van der Waals surface area contributed by atoms with Crippen molar-refractivity contribution in [2.45, 2.75) is 0 Å². The minimum atomic E-state index is 0. The number of benzene rings is 2. The smallest absolute Gasteiger partial charge is 0.115 e. The molecule has 1 nitrogen and oxygen atoms in total. The fourth-order valence-electron chi connectivity index (χ4n) is 1.47. The number of aromatic hydroxyl groups is 1. The number of phenolic OH excluding ortho intramolecular Hbond substituents is 1. The summed E-state index contributed by atoms with van der Waals surface area (Å²) in [7, 11) is 0. The largest absolute Gasteiger partial charge is 0.508 e. The number of halogens is 2. The molecule has 0 unspecified atom stereocenters. The summed E-state index contributed by atoms with van der Waals surface area (Å²) >= 11 is 1.78. The van der Waals surface area contributed by atoms with E-state index in [1.807, 2.05) is 12.1 Å². The minimum Gasteiger partial charge on any atom is -0.508 e. The summed E-state index contributed by atoms with van der Waals surface area (Å²) in [6.45, 7) is 0. The molecule has 0 spiro atoms. The lowest BCUT2D eigenvalue weighted by atomic mass is 10.2. The molecule has 3 rings (SSSR count). The van der Waals surface area contributed by atoms with Crippen molar-refractivity contribution in [1.29, 1.82) is 0 Å². The molecule has 0 bridgehead atoms. The molecule has 1 aromatic heterocycles. The molecule has 0 saturated heterocycles. The highest BCUT2D eigenvalue weighted by Gasteiger charge is 1.93. The van der Waals surface area contributed by atoms with Gasteiger partial charge in [-0.05, 0) is 29.1 Å². The zero-order valence-corrected chi connectivity index (χ0v) is 13.1. The Kier molecular flexibility index (Phi) is 9.56. The van der Waals surface area contributed by atoms with Crippen LogP contribution in [0.1, 0.15) is 0 Å². The SMILES string of the molecule is Cl.Cl.Oc1ccccc1.c1ccc(-c2cccs2)cc1. The lowest BCUT2D eigenvalue weighted by molar-refractivity contribution is 0.475. The van der Waals surface area contributed by atoms with E-state index < -0.39 is 0 Å². The summed E-state index contributed by atoms with van der Waals surface area (Å²) in [5.41, 5.74) is 1.31. The van der Waals surface area contributed by atoms with E-state index in [0.29, 0.717) is 5.75 Å². The third kappa shape index (κ3) is 6.11. The highest BCUT2D eigenvalue weighted by Crippen LogP contribution is 2.23. The van der Waals surface area contributed by atoms with Crippen molar-refractivity contribution < 1.29 is 5.11 Å². The van der Waals surface area contributed by atoms with Crippen LogP contribution >= 0.6 is 36.2 Å². The van der Waals surface area contributed by atoms with E-state index in [0.717, 1.165) is 0 Å². The summed E-state index contributed by atoms with van der Waals surface area (Å²) in [5, 5.41) is 10.7. The van der Waals surface area contributed by atoms with Gasteiger partial charge in [0, 0.05) is 4.88 Å². The van der Waals surface area contributed by atoms with E-state index in [1.165, 1.54) is 10.4 Å². The third-order valence-corrected chi connectivity index (χ3v) is 3.25. The number of rotatable bonds is 1. The first-order valence-electron chi connectivity index (χ1n) is 5.69. The monoisotopic (exact) mass is 326 g/mol. The van der Waals surface area contributed by atoms with E-state index in [9.17, 15) is 0 Å². The molecule has 0 fully saturated rings. The molecule has 4 heteroatoms. The zero-order chi connectivity index (χ0) is 12.6. The Labute approximate surface area is 135 Å². The molecule has 1 heterocycles. The fourth-order valence-corrected chi connectivity index (χ4v) is 2.21. The maximum Gasteiger partial charge on any atom is 0.115 e. The number of phenols is 1. The second kappa shape index (κ2) is 10.3. The van der Waals surface area contributed by atoms with Gasteiger partial charge in [0.15, 0.2) is 0 Å². The molecule has 1 N–H and O–H groups in total. The average molecular weight is 327 g/mol. The van der Waals surface area contributed by atoms with Crippen molar-refractivity contribution in [2.24, 2.45) is 0 Å². The Morgan fingerprint density at radius 2 is 1.20 bits per heavy atom. The molecule has 0 amide bonds. The van der Waals surface area contributed by atoms with Gasteiger partial charge in [-0.25, -0.2) is 0 Å². The van der Waals surface area contributed by atoms with Gasteiger partial charge in [-0.1, -0.05) is 54.6 Å². The van der Waals surface area contributed by atoms with E-state index >= 15 is 0 Å². The number of thiophene rings is 1. The van der Waals surface area contributed by atoms with Gasteiger partial charge in [0.2, 0.25) is 0 Å². The lowest BCUT2D eigenvalue weighted by Gasteiger charge is -1.93. The highest BCUT2D eigenvalue weighted by molar-refractivity contribution is 7.13. The zero-order valence-electron chi connectivity index (χ0n) is 10.7. The summed E-state index contributed by atoms with van der Waals surface area (Å²) < 4.78 is 0. The van der Waals surface area contributed by atoms with Crippen LogP contribution in [0.5, 0.6) is 5.75 Å². The second-order valence-electron chi connectivity index (χ2n) is 3.68. The Morgan fingerprint density at radius 3 is 1.60 bits per heavy atom. The van der Waals surface area contributed by atoms with Crippen LogP contribution in [0, 0.1) is 0 Å². The average Bonchev–Trinajstić information content (AvgIpc) is 2.95. The van der Waals surface area contributed by atoms with Crippen LogP contribution in [-0.2, 0) is 0 Å². The fraction of sp³-hybridized carbons (Fsp3) is 0. The molecule has 0 aliphatic rings. The Morgan fingerprint density at radius 1 is 0.650 bits per heavy atom. The van der Waals surface area contributed by atoms with Crippen LogP contribution in [0.4, 0.5) is 0 Å². The molecule has 106 valence electrons. The Balaban J connectivity index is 0.000000356. The van der Waals surface area contributed by atoms with Crippen molar-refractivity contribution in [2.75, 3.05) is 0 Å². The minimum absolute atomic E-state index is 0. The number of hydrogen-bond donors (Lipinski definition) is 1. The predicted octanol–water partition coefficient (Wildman–Crippen LogP) is 5.65. The van der Waals surface area contributed by atoms with Crippen LogP contribution in [0.3, 0.4) is 0 Å².